The van der Waals surface area contributed by atoms with Gasteiger partial charge < -0.3 is 9.47 Å². The third-order valence-electron chi connectivity index (χ3n) is 2.04. The van der Waals surface area contributed by atoms with E-state index in [0.29, 0.717) is 18.8 Å². The molecule has 0 unspecified atom stereocenters. The average molecular weight is 327 g/mol. The molecule has 0 aliphatic rings. The zero-order chi connectivity index (χ0) is 13.6. The summed E-state index contributed by atoms with van der Waals surface area (Å²) in [6.45, 7) is 1.10. The average Bonchev–Trinajstić information content (AvgIpc) is 2.24. The van der Waals surface area contributed by atoms with Crippen molar-refractivity contribution in [2.45, 2.75) is 19.5 Å². The lowest BCUT2D eigenvalue weighted by molar-refractivity contribution is -0.174. The van der Waals surface area contributed by atoms with Gasteiger partial charge in [-0.1, -0.05) is 6.07 Å². The van der Waals surface area contributed by atoms with E-state index in [1.54, 1.807) is 0 Å². The van der Waals surface area contributed by atoms with Gasteiger partial charge in [0.15, 0.2) is 0 Å². The Bertz CT molecular complexity index is 380. The fourth-order valence-corrected chi connectivity index (χ4v) is 1.86. The van der Waals surface area contributed by atoms with E-state index in [2.05, 4.69) is 20.7 Å². The minimum absolute atomic E-state index is 0.0307. The molecule has 0 aliphatic heterocycles. The third kappa shape index (κ3) is 6.26. The Balaban J connectivity index is 2.18. The van der Waals surface area contributed by atoms with Gasteiger partial charge in [-0.3, -0.25) is 0 Å². The Morgan fingerprint density at radius 1 is 1.22 bits per heavy atom. The number of hydrogen-bond acceptors (Lipinski definition) is 2. The van der Waals surface area contributed by atoms with Crippen molar-refractivity contribution in [2.75, 3.05) is 19.8 Å². The summed E-state index contributed by atoms with van der Waals surface area (Å²) in [5.41, 5.74) is 1.10. The van der Waals surface area contributed by atoms with Crippen LogP contribution in [-0.4, -0.2) is 26.0 Å². The molecule has 0 aliphatic carbocycles. The molecular formula is C12H14BrF3O2. The Morgan fingerprint density at radius 2 is 1.94 bits per heavy atom. The number of hydrogen-bond donors (Lipinski definition) is 0. The van der Waals surface area contributed by atoms with Gasteiger partial charge in [-0.15, -0.1) is 0 Å². The van der Waals surface area contributed by atoms with Crippen LogP contribution in [0.15, 0.2) is 22.7 Å². The van der Waals surface area contributed by atoms with Crippen LogP contribution < -0.4 is 4.74 Å². The van der Waals surface area contributed by atoms with Gasteiger partial charge in [-0.25, -0.2) is 0 Å². The van der Waals surface area contributed by atoms with Crippen molar-refractivity contribution in [3.05, 3.63) is 28.2 Å². The van der Waals surface area contributed by atoms with Crippen LogP contribution in [0.25, 0.3) is 0 Å². The van der Waals surface area contributed by atoms with E-state index in [0.717, 1.165) is 10.0 Å². The highest BCUT2D eigenvalue weighted by Crippen LogP contribution is 2.25. The Hall–Kier alpha value is -0.750. The molecule has 0 heterocycles. The highest BCUT2D eigenvalue weighted by Gasteiger charge is 2.27. The SMILES string of the molecule is Cc1ccc(OCCCOCC(F)(F)F)c(Br)c1. The Labute approximate surface area is 112 Å². The maximum atomic E-state index is 11.8. The molecular weight excluding hydrogens is 313 g/mol. The van der Waals surface area contributed by atoms with Crippen LogP contribution in [0.4, 0.5) is 13.2 Å². The molecule has 0 radical (unpaired) electrons. The van der Waals surface area contributed by atoms with E-state index in [1.807, 2.05) is 25.1 Å². The monoisotopic (exact) mass is 326 g/mol. The van der Waals surface area contributed by atoms with E-state index in [1.165, 1.54) is 0 Å². The van der Waals surface area contributed by atoms with Crippen molar-refractivity contribution in [1.82, 2.24) is 0 Å². The molecule has 6 heteroatoms. The van der Waals surface area contributed by atoms with Crippen molar-refractivity contribution in [2.24, 2.45) is 0 Å². The van der Waals surface area contributed by atoms with Crippen LogP contribution in [0.5, 0.6) is 5.75 Å². The number of halogens is 4. The molecule has 0 saturated carbocycles. The first kappa shape index (κ1) is 15.3. The van der Waals surface area contributed by atoms with Crippen molar-refractivity contribution in [3.8, 4) is 5.75 Å². The van der Waals surface area contributed by atoms with Crippen molar-refractivity contribution in [1.29, 1.82) is 0 Å². The van der Waals surface area contributed by atoms with Crippen molar-refractivity contribution < 1.29 is 22.6 Å². The van der Waals surface area contributed by atoms with Gasteiger partial charge in [0.05, 0.1) is 17.7 Å². The van der Waals surface area contributed by atoms with Crippen LogP contribution in [0.3, 0.4) is 0 Å². The van der Waals surface area contributed by atoms with E-state index in [4.69, 9.17) is 4.74 Å². The smallest absolute Gasteiger partial charge is 0.411 e. The fourth-order valence-electron chi connectivity index (χ4n) is 1.25. The molecule has 0 N–H and O–H groups in total. The van der Waals surface area contributed by atoms with Gasteiger partial charge in [0.1, 0.15) is 12.4 Å². The number of ether oxygens (including phenoxy) is 2. The molecule has 0 bridgehead atoms. The number of aryl methyl sites for hydroxylation is 1. The quantitative estimate of drug-likeness (QED) is 0.732. The molecule has 2 nitrogen and oxygen atoms in total. The van der Waals surface area contributed by atoms with Crippen molar-refractivity contribution in [3.63, 3.8) is 0 Å². The van der Waals surface area contributed by atoms with Crippen LogP contribution >= 0.6 is 15.9 Å². The van der Waals surface area contributed by atoms with Crippen molar-refractivity contribution >= 4 is 15.9 Å². The van der Waals surface area contributed by atoms with E-state index < -0.39 is 12.8 Å². The highest BCUT2D eigenvalue weighted by atomic mass is 79.9. The molecule has 18 heavy (non-hydrogen) atoms. The zero-order valence-electron chi connectivity index (χ0n) is 9.89. The van der Waals surface area contributed by atoms with E-state index in [9.17, 15) is 13.2 Å². The number of benzene rings is 1. The minimum Gasteiger partial charge on any atom is -0.492 e. The van der Waals surface area contributed by atoms with Crippen LogP contribution in [0, 0.1) is 6.92 Å². The lowest BCUT2D eigenvalue weighted by atomic mass is 10.2. The largest absolute Gasteiger partial charge is 0.492 e. The molecule has 0 amide bonds. The Morgan fingerprint density at radius 3 is 2.56 bits per heavy atom. The number of rotatable bonds is 6. The second-order valence-corrected chi connectivity index (χ2v) is 4.66. The molecule has 102 valence electrons. The molecule has 0 spiro atoms. The first-order valence-electron chi connectivity index (χ1n) is 5.42. The predicted octanol–water partition coefficient (Wildman–Crippen LogP) is 4.11. The van der Waals surface area contributed by atoms with Gasteiger partial charge in [-0.05, 0) is 40.5 Å². The summed E-state index contributed by atoms with van der Waals surface area (Å²) in [5.74, 6) is 0.677. The summed E-state index contributed by atoms with van der Waals surface area (Å²) in [6.07, 6.45) is -3.85. The van der Waals surface area contributed by atoms with Gasteiger partial charge in [0, 0.05) is 6.42 Å². The molecule has 0 atom stereocenters. The summed E-state index contributed by atoms with van der Waals surface area (Å²) in [6, 6.07) is 5.63. The standard InChI is InChI=1S/C12H14BrF3O2/c1-9-3-4-11(10(13)7-9)18-6-2-5-17-8-12(14,15)16/h3-4,7H,2,5-6,8H2,1H3. The summed E-state index contributed by atoms with van der Waals surface area (Å²) in [4.78, 5) is 0. The molecule has 1 rings (SSSR count). The van der Waals surface area contributed by atoms with Gasteiger partial charge in [0.25, 0.3) is 0 Å². The highest BCUT2D eigenvalue weighted by molar-refractivity contribution is 9.10. The summed E-state index contributed by atoms with van der Waals surface area (Å²) in [7, 11) is 0. The first-order chi connectivity index (χ1) is 8.38. The molecule has 0 fully saturated rings. The molecule has 1 aromatic carbocycles. The van der Waals surface area contributed by atoms with E-state index >= 15 is 0 Å². The van der Waals surface area contributed by atoms with Crippen LogP contribution in [-0.2, 0) is 4.74 Å². The minimum atomic E-state index is -4.26. The normalized spacial score (nSPS) is 11.6. The first-order valence-corrected chi connectivity index (χ1v) is 6.21. The topological polar surface area (TPSA) is 18.5 Å². The third-order valence-corrected chi connectivity index (χ3v) is 2.66. The molecule has 0 aromatic heterocycles. The predicted molar refractivity (Wildman–Crippen MR) is 65.9 cm³/mol. The second kappa shape index (κ2) is 6.99. The van der Waals surface area contributed by atoms with Gasteiger partial charge in [0.2, 0.25) is 0 Å². The van der Waals surface area contributed by atoms with Gasteiger partial charge in [-0.2, -0.15) is 13.2 Å². The molecule has 0 saturated heterocycles. The lowest BCUT2D eigenvalue weighted by Crippen LogP contribution is -2.18. The maximum absolute atomic E-state index is 11.8. The second-order valence-electron chi connectivity index (χ2n) is 3.80. The maximum Gasteiger partial charge on any atom is 0.411 e. The number of alkyl halides is 3. The van der Waals surface area contributed by atoms with Gasteiger partial charge >= 0.3 is 6.18 Å². The lowest BCUT2D eigenvalue weighted by Gasteiger charge is -2.10. The van der Waals surface area contributed by atoms with Crippen LogP contribution in [0.2, 0.25) is 0 Å². The molecule has 1 aromatic rings. The summed E-state index contributed by atoms with van der Waals surface area (Å²) >= 11 is 3.35. The summed E-state index contributed by atoms with van der Waals surface area (Å²) in [5, 5.41) is 0. The zero-order valence-corrected chi connectivity index (χ0v) is 11.5. The van der Waals surface area contributed by atoms with E-state index in [-0.39, 0.29) is 6.61 Å². The Kier molecular flexibility index (Phi) is 5.95. The fraction of sp³-hybridized carbons (Fsp3) is 0.500. The van der Waals surface area contributed by atoms with Crippen LogP contribution in [0.1, 0.15) is 12.0 Å². The summed E-state index contributed by atoms with van der Waals surface area (Å²) < 4.78 is 46.0.